The summed E-state index contributed by atoms with van der Waals surface area (Å²) in [5.41, 5.74) is 19.4. The summed E-state index contributed by atoms with van der Waals surface area (Å²) >= 11 is 0. The highest BCUT2D eigenvalue weighted by atomic mass is 16.3. The molecule has 0 atom stereocenters. The Hall–Kier alpha value is -10.9. The maximum atomic E-state index is 6.83. The summed E-state index contributed by atoms with van der Waals surface area (Å²) in [6.45, 7) is 0. The van der Waals surface area contributed by atoms with Crippen LogP contribution < -0.4 is 0 Å². The number of benzene rings is 11. The minimum absolute atomic E-state index is 0.591. The first-order valence-corrected chi connectivity index (χ1v) is 26.7. The molecule has 4 heterocycles. The first kappa shape index (κ1) is 46.4. The average Bonchev–Trinajstić information content (AvgIpc) is 4.18. The quantitative estimate of drug-likeness (QED) is 0.135. The summed E-state index contributed by atoms with van der Waals surface area (Å²) in [4.78, 5) is 25.3. The van der Waals surface area contributed by atoms with Crippen molar-refractivity contribution in [2.75, 3.05) is 0 Å². The Balaban J connectivity index is 0.730. The van der Waals surface area contributed by atoms with Crippen LogP contribution in [0.25, 0.3) is 156 Å². The Kier molecular flexibility index (Phi) is 11.4. The largest absolute Gasteiger partial charge is 0.456 e. The van der Waals surface area contributed by atoms with E-state index in [2.05, 4.69) is 152 Å². The van der Waals surface area contributed by atoms with E-state index in [9.17, 15) is 0 Å². The molecule has 0 saturated heterocycles. The van der Waals surface area contributed by atoms with Crippen molar-refractivity contribution in [3.8, 4) is 113 Å². The molecule has 0 unspecified atom stereocenters. The second kappa shape index (κ2) is 19.6. The van der Waals surface area contributed by atoms with Crippen LogP contribution in [0.1, 0.15) is 0 Å². The Morgan fingerprint density at radius 2 is 0.637 bits per heavy atom. The van der Waals surface area contributed by atoms with E-state index in [1.807, 2.05) is 121 Å². The van der Waals surface area contributed by atoms with Crippen molar-refractivity contribution in [2.45, 2.75) is 0 Å². The van der Waals surface area contributed by atoms with Gasteiger partial charge in [0.05, 0.1) is 11.4 Å². The van der Waals surface area contributed by atoms with Crippen LogP contribution in [-0.2, 0) is 0 Å². The lowest BCUT2D eigenvalue weighted by Gasteiger charge is -2.10. The molecule has 15 rings (SSSR count). The van der Waals surface area contributed by atoms with Crippen LogP contribution in [0.4, 0.5) is 0 Å². The fourth-order valence-corrected chi connectivity index (χ4v) is 11.1. The zero-order valence-corrected chi connectivity index (χ0v) is 43.0. The molecule has 374 valence electrons. The second-order valence-corrected chi connectivity index (χ2v) is 19.9. The molecule has 0 spiro atoms. The third kappa shape index (κ3) is 8.47. The summed E-state index contributed by atoms with van der Waals surface area (Å²) in [6, 6.07) is 94.1. The van der Waals surface area contributed by atoms with Crippen LogP contribution in [0.15, 0.2) is 282 Å². The number of hydrogen-bond donors (Lipinski definition) is 0. The molecule has 0 aliphatic heterocycles. The van der Waals surface area contributed by atoms with Crippen molar-refractivity contribution in [1.82, 2.24) is 24.9 Å². The Bertz CT molecular complexity index is 4690. The van der Waals surface area contributed by atoms with Gasteiger partial charge < -0.3 is 8.83 Å². The number of fused-ring (bicyclic) bond motifs is 6. The van der Waals surface area contributed by atoms with Crippen molar-refractivity contribution >= 4 is 43.9 Å². The lowest BCUT2D eigenvalue weighted by Crippen LogP contribution is -2.00. The zero-order chi connectivity index (χ0) is 52.9. The van der Waals surface area contributed by atoms with Crippen molar-refractivity contribution in [3.63, 3.8) is 0 Å². The van der Waals surface area contributed by atoms with Crippen LogP contribution in [0.2, 0.25) is 0 Å². The minimum Gasteiger partial charge on any atom is -0.456 e. The van der Waals surface area contributed by atoms with E-state index in [0.717, 1.165) is 133 Å². The molecule has 0 bridgehead atoms. The predicted octanol–water partition coefficient (Wildman–Crippen LogP) is 19.1. The van der Waals surface area contributed by atoms with Crippen LogP contribution in [-0.4, -0.2) is 24.9 Å². The van der Waals surface area contributed by atoms with Crippen molar-refractivity contribution in [1.29, 1.82) is 0 Å². The lowest BCUT2D eigenvalue weighted by atomic mass is 9.94. The monoisotopic (exact) mass is 1020 g/mol. The summed E-state index contributed by atoms with van der Waals surface area (Å²) in [5, 5.41) is 4.02. The van der Waals surface area contributed by atoms with Gasteiger partial charge in [0.1, 0.15) is 22.3 Å². The van der Waals surface area contributed by atoms with Crippen molar-refractivity contribution < 1.29 is 8.83 Å². The normalized spacial score (nSPS) is 11.5. The minimum atomic E-state index is 0.591. The maximum Gasteiger partial charge on any atom is 0.164 e. The molecule has 80 heavy (non-hydrogen) atoms. The Labute approximate surface area is 460 Å². The molecular formula is C73H45N5O2. The molecule has 11 aromatic carbocycles. The van der Waals surface area contributed by atoms with Crippen molar-refractivity contribution in [2.24, 2.45) is 0 Å². The number of para-hydroxylation sites is 1. The van der Waals surface area contributed by atoms with Gasteiger partial charge in [0.2, 0.25) is 0 Å². The molecule has 7 heteroatoms. The number of aromatic nitrogens is 5. The SMILES string of the molecule is c1ccc(-c2cc(-c3cccc4oc5c(-c6cccc(-c7cccc(-c8ccc(-c9ccc%10c(c9)oc9cccc(-c%11nc(-c%12ccccc%12)nc(-c%12ccccc%12)n%11)c9%10)cc8)c7)c6)cccc5c34)nc(-c3ccccc3)n2)cc1. The van der Waals surface area contributed by atoms with E-state index < -0.39 is 0 Å². The standard InChI is InChI=1S/C73H45N5O2/c1-5-18-48(19-6-1)62-45-63(75-70(74-62)49-20-7-2-8-21-49)58-31-16-35-65-67(58)60-32-15-30-57(69(60)80-65)56-29-14-28-54(43-56)53-27-13-26-52(42-53)46-36-38-47(39-37-46)55-40-41-59-66(44-55)79-64-34-17-33-61(68(59)64)73-77-71(50-22-9-3-10-23-50)76-72(78-73)51-24-11-4-12-25-51/h1-45H. The maximum absolute atomic E-state index is 6.83. The topological polar surface area (TPSA) is 90.7 Å². The fraction of sp³-hybridized carbons (Fsp3) is 0. The first-order valence-electron chi connectivity index (χ1n) is 26.7. The first-order chi connectivity index (χ1) is 39.6. The number of hydrogen-bond acceptors (Lipinski definition) is 7. The summed E-state index contributed by atoms with van der Waals surface area (Å²) in [7, 11) is 0. The highest BCUT2D eigenvalue weighted by molar-refractivity contribution is 6.16. The van der Waals surface area contributed by atoms with E-state index in [4.69, 9.17) is 33.8 Å². The lowest BCUT2D eigenvalue weighted by molar-refractivity contribution is 0.669. The van der Waals surface area contributed by atoms with E-state index >= 15 is 0 Å². The molecule has 0 amide bonds. The summed E-state index contributed by atoms with van der Waals surface area (Å²) in [6.07, 6.45) is 0. The van der Waals surface area contributed by atoms with Gasteiger partial charge in [-0.15, -0.1) is 0 Å². The fourth-order valence-electron chi connectivity index (χ4n) is 11.1. The van der Waals surface area contributed by atoms with Crippen LogP contribution >= 0.6 is 0 Å². The van der Waals surface area contributed by atoms with E-state index in [-0.39, 0.29) is 0 Å². The Morgan fingerprint density at radius 3 is 1.26 bits per heavy atom. The molecule has 15 aromatic rings. The van der Waals surface area contributed by atoms with E-state index in [1.165, 1.54) is 0 Å². The van der Waals surface area contributed by atoms with Gasteiger partial charge in [-0.1, -0.05) is 231 Å². The highest BCUT2D eigenvalue weighted by Gasteiger charge is 2.21. The van der Waals surface area contributed by atoms with E-state index in [0.29, 0.717) is 23.3 Å². The number of furan rings is 2. The summed E-state index contributed by atoms with van der Waals surface area (Å²) in [5.74, 6) is 2.50. The molecule has 0 saturated carbocycles. The molecule has 0 aliphatic rings. The second-order valence-electron chi connectivity index (χ2n) is 19.9. The molecular weight excluding hydrogens is 979 g/mol. The van der Waals surface area contributed by atoms with Gasteiger partial charge in [-0.3, -0.25) is 0 Å². The third-order valence-electron chi connectivity index (χ3n) is 15.0. The van der Waals surface area contributed by atoms with Crippen LogP contribution in [0, 0.1) is 0 Å². The van der Waals surface area contributed by atoms with E-state index in [1.54, 1.807) is 0 Å². The van der Waals surface area contributed by atoms with Crippen LogP contribution in [0.3, 0.4) is 0 Å². The molecule has 4 aromatic heterocycles. The predicted molar refractivity (Wildman–Crippen MR) is 324 cm³/mol. The number of nitrogens with zero attached hydrogens (tertiary/aromatic N) is 5. The van der Waals surface area contributed by atoms with Gasteiger partial charge >= 0.3 is 0 Å². The highest BCUT2D eigenvalue weighted by Crippen LogP contribution is 2.43. The molecule has 0 aliphatic carbocycles. The zero-order valence-electron chi connectivity index (χ0n) is 43.0. The Morgan fingerprint density at radius 1 is 0.212 bits per heavy atom. The molecule has 7 nitrogen and oxygen atoms in total. The smallest absolute Gasteiger partial charge is 0.164 e. The van der Waals surface area contributed by atoms with Gasteiger partial charge in [0.15, 0.2) is 23.3 Å². The van der Waals surface area contributed by atoms with Gasteiger partial charge in [-0.2, -0.15) is 0 Å². The third-order valence-corrected chi connectivity index (χ3v) is 15.0. The molecule has 0 N–H and O–H groups in total. The van der Waals surface area contributed by atoms with Crippen LogP contribution in [0.5, 0.6) is 0 Å². The number of rotatable bonds is 10. The van der Waals surface area contributed by atoms with Gasteiger partial charge in [-0.05, 0) is 81.4 Å². The average molecular weight is 1020 g/mol. The van der Waals surface area contributed by atoms with Gasteiger partial charge in [0.25, 0.3) is 0 Å². The van der Waals surface area contributed by atoms with Crippen molar-refractivity contribution in [3.05, 3.63) is 273 Å². The molecule has 0 radical (unpaired) electrons. The van der Waals surface area contributed by atoms with Gasteiger partial charge in [0, 0.05) is 60.5 Å². The van der Waals surface area contributed by atoms with Gasteiger partial charge in [-0.25, -0.2) is 24.9 Å². The molecule has 0 fully saturated rings. The summed E-state index contributed by atoms with van der Waals surface area (Å²) < 4.78 is 13.4.